The maximum Gasteiger partial charge on any atom is 0.243 e. The highest BCUT2D eigenvalue weighted by molar-refractivity contribution is 7.89. The summed E-state index contributed by atoms with van der Waals surface area (Å²) in [5.41, 5.74) is 5.21. The normalized spacial score (nSPS) is 30.4. The third-order valence-corrected chi connectivity index (χ3v) is 9.97. The molecule has 2 aliphatic carbocycles. The molecule has 0 radical (unpaired) electrons. The summed E-state index contributed by atoms with van der Waals surface area (Å²) in [5, 5.41) is 0. The summed E-state index contributed by atoms with van der Waals surface area (Å²) >= 11 is 0. The predicted molar refractivity (Wildman–Crippen MR) is 124 cm³/mol. The highest BCUT2D eigenvalue weighted by atomic mass is 32.2. The molecule has 6 rings (SSSR count). The third kappa shape index (κ3) is 2.79. The van der Waals surface area contributed by atoms with E-state index in [0.29, 0.717) is 35.9 Å². The number of fused-ring (bicyclic) bond motifs is 3. The molecule has 4 aliphatic rings. The first-order valence-electron chi connectivity index (χ1n) is 11.5. The van der Waals surface area contributed by atoms with Crippen LogP contribution in [0.1, 0.15) is 43.2 Å². The Morgan fingerprint density at radius 1 is 1.00 bits per heavy atom. The molecule has 5 heteroatoms. The second-order valence-electron chi connectivity index (χ2n) is 10.1. The Morgan fingerprint density at radius 3 is 2.45 bits per heavy atom. The molecule has 3 atom stereocenters. The smallest absolute Gasteiger partial charge is 0.243 e. The molecule has 1 saturated carbocycles. The fraction of sp³-hybridized carbons (Fsp3) is 0.462. The van der Waals surface area contributed by atoms with Crippen LogP contribution in [0.4, 0.5) is 5.69 Å². The van der Waals surface area contributed by atoms with Gasteiger partial charge in [0.05, 0.1) is 4.90 Å². The van der Waals surface area contributed by atoms with Gasteiger partial charge in [-0.2, -0.15) is 4.31 Å². The lowest BCUT2D eigenvalue weighted by Crippen LogP contribution is -2.45. The van der Waals surface area contributed by atoms with Gasteiger partial charge in [-0.25, -0.2) is 8.42 Å². The molecule has 1 saturated heterocycles. The van der Waals surface area contributed by atoms with Gasteiger partial charge < -0.3 is 4.90 Å². The van der Waals surface area contributed by atoms with E-state index in [1.165, 1.54) is 30.5 Å². The second kappa shape index (κ2) is 6.69. The van der Waals surface area contributed by atoms with Crippen molar-refractivity contribution < 1.29 is 8.42 Å². The van der Waals surface area contributed by atoms with E-state index in [2.05, 4.69) is 42.2 Å². The van der Waals surface area contributed by atoms with Gasteiger partial charge in [-0.15, -0.1) is 0 Å². The Bertz CT molecular complexity index is 1170. The van der Waals surface area contributed by atoms with Gasteiger partial charge in [-0.3, -0.25) is 0 Å². The summed E-state index contributed by atoms with van der Waals surface area (Å²) in [6, 6.07) is 16.4. The van der Waals surface area contributed by atoms with E-state index < -0.39 is 10.0 Å². The molecule has 0 N–H and O–H groups in total. The SMILES string of the molecule is Cc1ccc(S(=O)(=O)N2CCN3c4ccccc4C4C(C5CCC5)=C[C@](C)(C2)C43)cc1. The molecule has 31 heavy (non-hydrogen) atoms. The van der Waals surface area contributed by atoms with Crippen molar-refractivity contribution in [3.05, 3.63) is 71.3 Å². The van der Waals surface area contributed by atoms with E-state index in [9.17, 15) is 8.42 Å². The Morgan fingerprint density at radius 2 is 1.74 bits per heavy atom. The second-order valence-corrected chi connectivity index (χ2v) is 12.0. The Kier molecular flexibility index (Phi) is 4.22. The number of para-hydroxylation sites is 1. The fourth-order valence-corrected chi connectivity index (χ4v) is 7.97. The number of nitrogens with zero attached hydrogens (tertiary/aromatic N) is 2. The first kappa shape index (κ1) is 19.6. The zero-order valence-electron chi connectivity index (χ0n) is 18.3. The predicted octanol–water partition coefficient (Wildman–Crippen LogP) is 4.72. The van der Waals surface area contributed by atoms with Gasteiger partial charge in [0.15, 0.2) is 0 Å². The lowest BCUT2D eigenvalue weighted by Gasteiger charge is -2.37. The van der Waals surface area contributed by atoms with Crippen LogP contribution in [-0.2, 0) is 10.0 Å². The van der Waals surface area contributed by atoms with Gasteiger partial charge in [-0.05, 0) is 49.4 Å². The zero-order valence-corrected chi connectivity index (χ0v) is 19.1. The lowest BCUT2D eigenvalue weighted by atomic mass is 9.74. The zero-order chi connectivity index (χ0) is 21.4. The molecule has 4 nitrogen and oxygen atoms in total. The summed E-state index contributed by atoms with van der Waals surface area (Å²) in [6.07, 6.45) is 6.35. The summed E-state index contributed by atoms with van der Waals surface area (Å²) in [5.74, 6) is 1.08. The van der Waals surface area contributed by atoms with Gasteiger partial charge in [0.2, 0.25) is 10.0 Å². The molecule has 2 unspecified atom stereocenters. The highest BCUT2D eigenvalue weighted by Gasteiger charge is 2.57. The minimum absolute atomic E-state index is 0.192. The molecule has 0 aromatic heterocycles. The molecular formula is C26H30N2O2S. The number of hydrogen-bond acceptors (Lipinski definition) is 3. The average Bonchev–Trinajstić information content (AvgIpc) is 3.12. The Hall–Kier alpha value is -2.11. The summed E-state index contributed by atoms with van der Waals surface area (Å²) in [4.78, 5) is 2.93. The monoisotopic (exact) mass is 434 g/mol. The van der Waals surface area contributed by atoms with Crippen molar-refractivity contribution in [1.29, 1.82) is 0 Å². The van der Waals surface area contributed by atoms with Crippen LogP contribution in [0.25, 0.3) is 0 Å². The quantitative estimate of drug-likeness (QED) is 0.657. The van der Waals surface area contributed by atoms with Crippen LogP contribution in [0.2, 0.25) is 0 Å². The molecule has 0 amide bonds. The number of anilines is 1. The first-order valence-corrected chi connectivity index (χ1v) is 13.0. The van der Waals surface area contributed by atoms with Crippen molar-refractivity contribution in [2.45, 2.75) is 50.0 Å². The topological polar surface area (TPSA) is 40.6 Å². The summed E-state index contributed by atoms with van der Waals surface area (Å²) in [6.45, 7) is 6.09. The van der Waals surface area contributed by atoms with Crippen LogP contribution in [0.15, 0.2) is 65.1 Å². The van der Waals surface area contributed by atoms with Gasteiger partial charge in [-0.1, -0.05) is 60.9 Å². The van der Waals surface area contributed by atoms with Crippen LogP contribution in [0.3, 0.4) is 0 Å². The summed E-state index contributed by atoms with van der Waals surface area (Å²) in [7, 11) is -3.52. The van der Waals surface area contributed by atoms with Crippen molar-refractivity contribution in [2.75, 3.05) is 24.5 Å². The third-order valence-electron chi connectivity index (χ3n) is 8.11. The van der Waals surface area contributed by atoms with Crippen molar-refractivity contribution in [1.82, 2.24) is 4.31 Å². The van der Waals surface area contributed by atoms with E-state index in [-0.39, 0.29) is 5.41 Å². The average molecular weight is 435 g/mol. The minimum atomic E-state index is -3.52. The Labute approximate surface area is 185 Å². The van der Waals surface area contributed by atoms with Crippen LogP contribution >= 0.6 is 0 Å². The molecule has 2 aromatic rings. The fourth-order valence-electron chi connectivity index (χ4n) is 6.42. The van der Waals surface area contributed by atoms with Crippen LogP contribution in [0.5, 0.6) is 0 Å². The van der Waals surface area contributed by atoms with E-state index in [1.807, 2.05) is 19.1 Å². The molecule has 162 valence electrons. The Balaban J connectivity index is 1.44. The minimum Gasteiger partial charge on any atom is -0.365 e. The molecule has 2 aromatic carbocycles. The van der Waals surface area contributed by atoms with Crippen molar-refractivity contribution in [3.8, 4) is 0 Å². The lowest BCUT2D eigenvalue weighted by molar-refractivity contribution is 0.285. The molecule has 2 heterocycles. The molecular weight excluding hydrogens is 404 g/mol. The van der Waals surface area contributed by atoms with Gasteiger partial charge in [0, 0.05) is 42.7 Å². The number of rotatable bonds is 3. The number of benzene rings is 2. The number of sulfonamides is 1. The largest absolute Gasteiger partial charge is 0.365 e. The molecule has 2 aliphatic heterocycles. The van der Waals surface area contributed by atoms with E-state index in [0.717, 1.165) is 12.1 Å². The number of aryl methyl sites for hydroxylation is 1. The van der Waals surface area contributed by atoms with Crippen LogP contribution in [-0.4, -0.2) is 38.4 Å². The van der Waals surface area contributed by atoms with E-state index >= 15 is 0 Å². The maximum atomic E-state index is 13.6. The summed E-state index contributed by atoms with van der Waals surface area (Å²) < 4.78 is 29.0. The molecule has 0 bridgehead atoms. The van der Waals surface area contributed by atoms with Gasteiger partial charge >= 0.3 is 0 Å². The van der Waals surface area contributed by atoms with Crippen molar-refractivity contribution >= 4 is 15.7 Å². The highest BCUT2D eigenvalue weighted by Crippen LogP contribution is 2.60. The molecule has 2 fully saturated rings. The number of hydrogen-bond donors (Lipinski definition) is 0. The standard InChI is InChI=1S/C26H30N2O2S/c1-18-10-12-20(13-11-18)31(29,30)27-14-15-28-23-9-4-3-8-21(23)24-22(19-6-5-7-19)16-26(2,17-27)25(24)28/h3-4,8-13,16,19,24-25H,5-7,14-15,17H2,1-2H3/t24?,25?,26-/m1/s1. The van der Waals surface area contributed by atoms with Crippen molar-refractivity contribution in [3.63, 3.8) is 0 Å². The first-order chi connectivity index (χ1) is 14.9. The van der Waals surface area contributed by atoms with Crippen molar-refractivity contribution in [2.24, 2.45) is 11.3 Å². The van der Waals surface area contributed by atoms with Gasteiger partial charge in [0.25, 0.3) is 0 Å². The van der Waals surface area contributed by atoms with E-state index in [4.69, 9.17) is 0 Å². The van der Waals surface area contributed by atoms with Gasteiger partial charge in [0.1, 0.15) is 0 Å². The van der Waals surface area contributed by atoms with Crippen LogP contribution in [0, 0.1) is 18.3 Å². The maximum absolute atomic E-state index is 13.6. The molecule has 0 spiro atoms. The van der Waals surface area contributed by atoms with Crippen LogP contribution < -0.4 is 4.90 Å². The van der Waals surface area contributed by atoms with E-state index in [1.54, 1.807) is 22.0 Å².